The Morgan fingerprint density at radius 1 is 1.60 bits per heavy atom. The molecule has 0 bridgehead atoms. The molecule has 3 nitrogen and oxygen atoms in total. The fraction of sp³-hybridized carbons (Fsp3) is 0.286. The van der Waals surface area contributed by atoms with Gasteiger partial charge in [0.1, 0.15) is 0 Å². The molecular weight excluding hydrogens is 130 g/mol. The van der Waals surface area contributed by atoms with Gasteiger partial charge in [0.05, 0.1) is 0 Å². The predicted octanol–water partition coefficient (Wildman–Crippen LogP) is 1.63. The lowest BCUT2D eigenvalue weighted by Crippen LogP contribution is -2.07. The quantitative estimate of drug-likeness (QED) is 0.593. The number of nitrogens with zero attached hydrogens (tertiary/aromatic N) is 1. The van der Waals surface area contributed by atoms with Crippen LogP contribution in [0.15, 0.2) is 12.3 Å². The van der Waals surface area contributed by atoms with E-state index in [1.165, 1.54) is 4.57 Å². The van der Waals surface area contributed by atoms with Gasteiger partial charge in [0, 0.05) is 11.9 Å². The molecule has 0 spiro atoms. The number of rotatable bonds is 0. The molecule has 0 unspecified atom stereocenters. The second kappa shape index (κ2) is 2.17. The van der Waals surface area contributed by atoms with Crippen LogP contribution in [-0.4, -0.2) is 15.8 Å². The molecule has 0 aliphatic rings. The lowest BCUT2D eigenvalue weighted by molar-refractivity contribution is 0.196. The summed E-state index contributed by atoms with van der Waals surface area (Å²) < 4.78 is 1.20. The summed E-state index contributed by atoms with van der Waals surface area (Å²) in [7, 11) is 0. The molecular formula is C7H9NO2. The smallest absolute Gasteiger partial charge is 0.415 e. The first-order valence-corrected chi connectivity index (χ1v) is 3.00. The summed E-state index contributed by atoms with van der Waals surface area (Å²) in [4.78, 5) is 10.4. The van der Waals surface area contributed by atoms with E-state index in [9.17, 15) is 4.79 Å². The molecule has 10 heavy (non-hydrogen) atoms. The van der Waals surface area contributed by atoms with E-state index < -0.39 is 6.09 Å². The van der Waals surface area contributed by atoms with Gasteiger partial charge in [-0.05, 0) is 25.5 Å². The maximum Gasteiger partial charge on any atom is 0.415 e. The van der Waals surface area contributed by atoms with E-state index in [4.69, 9.17) is 5.11 Å². The summed E-state index contributed by atoms with van der Waals surface area (Å²) in [6.07, 6.45) is 0.670. The van der Waals surface area contributed by atoms with Gasteiger partial charge in [-0.3, -0.25) is 4.57 Å². The van der Waals surface area contributed by atoms with E-state index in [1.807, 2.05) is 13.0 Å². The van der Waals surface area contributed by atoms with Crippen molar-refractivity contribution in [2.45, 2.75) is 13.8 Å². The first-order chi connectivity index (χ1) is 4.61. The van der Waals surface area contributed by atoms with Crippen LogP contribution in [0.2, 0.25) is 0 Å². The van der Waals surface area contributed by atoms with Gasteiger partial charge in [0.25, 0.3) is 0 Å². The Morgan fingerprint density at radius 3 is 2.40 bits per heavy atom. The van der Waals surface area contributed by atoms with Gasteiger partial charge in [-0.2, -0.15) is 0 Å². The zero-order valence-electron chi connectivity index (χ0n) is 5.96. The second-order valence-electron chi connectivity index (χ2n) is 2.31. The summed E-state index contributed by atoms with van der Waals surface area (Å²) in [6, 6.07) is 1.83. The SMILES string of the molecule is Cc1cc(C)n(C(=O)O)c1. The number of aryl methyl sites for hydroxylation is 2. The van der Waals surface area contributed by atoms with Crippen LogP contribution in [0.3, 0.4) is 0 Å². The lowest BCUT2D eigenvalue weighted by atomic mass is 10.4. The summed E-state index contributed by atoms with van der Waals surface area (Å²) in [5, 5.41) is 8.54. The highest BCUT2D eigenvalue weighted by molar-refractivity contribution is 5.69. The van der Waals surface area contributed by atoms with Crippen LogP contribution in [0, 0.1) is 13.8 Å². The van der Waals surface area contributed by atoms with E-state index in [0.29, 0.717) is 0 Å². The molecule has 3 heteroatoms. The van der Waals surface area contributed by atoms with Gasteiger partial charge in [0.15, 0.2) is 0 Å². The molecule has 0 aliphatic heterocycles. The average molecular weight is 139 g/mol. The van der Waals surface area contributed by atoms with Crippen molar-refractivity contribution < 1.29 is 9.90 Å². The number of hydrogen-bond acceptors (Lipinski definition) is 1. The molecule has 0 saturated carbocycles. The zero-order chi connectivity index (χ0) is 7.72. The molecule has 0 atom stereocenters. The third-order valence-corrected chi connectivity index (χ3v) is 1.36. The Morgan fingerprint density at radius 2 is 2.20 bits per heavy atom. The van der Waals surface area contributed by atoms with E-state index in [-0.39, 0.29) is 0 Å². The largest absolute Gasteiger partial charge is 0.464 e. The van der Waals surface area contributed by atoms with Crippen molar-refractivity contribution in [2.24, 2.45) is 0 Å². The van der Waals surface area contributed by atoms with Crippen molar-refractivity contribution in [1.82, 2.24) is 4.57 Å². The Labute approximate surface area is 58.9 Å². The van der Waals surface area contributed by atoms with Crippen molar-refractivity contribution in [1.29, 1.82) is 0 Å². The molecule has 1 rings (SSSR count). The maximum absolute atomic E-state index is 10.4. The predicted molar refractivity (Wildman–Crippen MR) is 37.3 cm³/mol. The molecule has 0 amide bonds. The topological polar surface area (TPSA) is 42.2 Å². The minimum atomic E-state index is -0.925. The van der Waals surface area contributed by atoms with Crippen LogP contribution in [0.4, 0.5) is 4.79 Å². The number of hydrogen-bond donors (Lipinski definition) is 1. The van der Waals surface area contributed by atoms with Gasteiger partial charge < -0.3 is 5.11 Å². The van der Waals surface area contributed by atoms with Crippen LogP contribution in [0.25, 0.3) is 0 Å². The van der Waals surface area contributed by atoms with Crippen LogP contribution >= 0.6 is 0 Å². The second-order valence-corrected chi connectivity index (χ2v) is 2.31. The van der Waals surface area contributed by atoms with E-state index in [1.54, 1.807) is 13.1 Å². The van der Waals surface area contributed by atoms with Gasteiger partial charge in [0.2, 0.25) is 0 Å². The van der Waals surface area contributed by atoms with E-state index >= 15 is 0 Å². The summed E-state index contributed by atoms with van der Waals surface area (Å²) in [5.41, 5.74) is 1.73. The Hall–Kier alpha value is -1.25. The Balaban J connectivity index is 3.15. The zero-order valence-corrected chi connectivity index (χ0v) is 5.96. The Kier molecular flexibility index (Phi) is 1.49. The van der Waals surface area contributed by atoms with Gasteiger partial charge in [-0.1, -0.05) is 0 Å². The standard InChI is InChI=1S/C7H9NO2/c1-5-3-6(2)8(4-5)7(9)10/h3-4H,1-2H3,(H,9,10). The third-order valence-electron chi connectivity index (χ3n) is 1.36. The van der Waals surface area contributed by atoms with Crippen molar-refractivity contribution in [3.05, 3.63) is 23.5 Å². The minimum Gasteiger partial charge on any atom is -0.464 e. The Bertz CT molecular complexity index is 263. The van der Waals surface area contributed by atoms with Crippen LogP contribution in [0.1, 0.15) is 11.3 Å². The molecule has 0 saturated heterocycles. The highest BCUT2D eigenvalue weighted by atomic mass is 16.4. The number of carboxylic acid groups (broad SMARTS) is 1. The monoisotopic (exact) mass is 139 g/mol. The van der Waals surface area contributed by atoms with E-state index in [0.717, 1.165) is 11.3 Å². The van der Waals surface area contributed by atoms with Crippen LogP contribution < -0.4 is 0 Å². The molecule has 1 N–H and O–H groups in total. The first-order valence-electron chi connectivity index (χ1n) is 3.00. The molecule has 0 radical (unpaired) electrons. The third kappa shape index (κ3) is 1.03. The summed E-state index contributed by atoms with van der Waals surface area (Å²) >= 11 is 0. The molecule has 1 aromatic rings. The highest BCUT2D eigenvalue weighted by Crippen LogP contribution is 2.04. The van der Waals surface area contributed by atoms with Crippen molar-refractivity contribution >= 4 is 6.09 Å². The van der Waals surface area contributed by atoms with Crippen molar-refractivity contribution in [3.63, 3.8) is 0 Å². The normalized spacial score (nSPS) is 9.80. The molecule has 54 valence electrons. The fourth-order valence-electron chi connectivity index (χ4n) is 0.948. The molecule has 0 fully saturated rings. The first kappa shape index (κ1) is 6.86. The summed E-state index contributed by atoms with van der Waals surface area (Å²) in [5.74, 6) is 0. The van der Waals surface area contributed by atoms with E-state index in [2.05, 4.69) is 0 Å². The maximum atomic E-state index is 10.4. The van der Waals surface area contributed by atoms with Crippen LogP contribution in [0.5, 0.6) is 0 Å². The van der Waals surface area contributed by atoms with Gasteiger partial charge >= 0.3 is 6.09 Å². The minimum absolute atomic E-state index is 0.755. The van der Waals surface area contributed by atoms with Crippen molar-refractivity contribution in [3.8, 4) is 0 Å². The fourth-order valence-corrected chi connectivity index (χ4v) is 0.948. The molecule has 0 aliphatic carbocycles. The summed E-state index contributed by atoms with van der Waals surface area (Å²) in [6.45, 7) is 3.63. The van der Waals surface area contributed by atoms with Gasteiger partial charge in [-0.25, -0.2) is 4.79 Å². The lowest BCUT2D eigenvalue weighted by Gasteiger charge is -1.94. The molecule has 1 heterocycles. The number of carbonyl (C=O) groups is 1. The molecule has 0 aromatic carbocycles. The average Bonchev–Trinajstić information content (AvgIpc) is 2.10. The molecule has 1 aromatic heterocycles. The number of aromatic nitrogens is 1. The highest BCUT2D eigenvalue weighted by Gasteiger charge is 2.03. The van der Waals surface area contributed by atoms with Gasteiger partial charge in [-0.15, -0.1) is 0 Å². The van der Waals surface area contributed by atoms with Crippen LogP contribution in [-0.2, 0) is 0 Å². The van der Waals surface area contributed by atoms with Crippen molar-refractivity contribution in [2.75, 3.05) is 0 Å².